The number of amides is 3. The molecule has 1 aromatic rings. The summed E-state index contributed by atoms with van der Waals surface area (Å²) < 4.78 is 2.49. The Morgan fingerprint density at radius 1 is 1.28 bits per heavy atom. The van der Waals surface area contributed by atoms with Gasteiger partial charge in [0, 0.05) is 16.1 Å². The Bertz CT molecular complexity index is 732. The summed E-state index contributed by atoms with van der Waals surface area (Å²) >= 11 is 8.86. The molecule has 12 heteroatoms. The van der Waals surface area contributed by atoms with E-state index in [1.165, 1.54) is 23.0 Å². The number of carboxylic acids is 1. The smallest absolute Gasteiger partial charge is 0.348 e. The predicted octanol–water partition coefficient (Wildman–Crippen LogP) is 4.01. The molecule has 0 unspecified atom stereocenters. The number of halogens is 3. The van der Waals surface area contributed by atoms with E-state index in [9.17, 15) is 24.5 Å². The molecule has 9 nitrogen and oxygen atoms in total. The van der Waals surface area contributed by atoms with E-state index in [1.807, 2.05) is 0 Å². The fourth-order valence-electron chi connectivity index (χ4n) is 1.80. The van der Waals surface area contributed by atoms with E-state index in [0.29, 0.717) is 4.47 Å². The van der Waals surface area contributed by atoms with E-state index in [2.05, 4.69) is 48.2 Å². The number of rotatable bonds is 2. The predicted molar refractivity (Wildman–Crippen MR) is 98.5 cm³/mol. The zero-order chi connectivity index (χ0) is 19.7. The average Bonchev–Trinajstić information content (AvgIpc) is 2.65. The van der Waals surface area contributed by atoms with Crippen LogP contribution in [0.5, 0.6) is 0 Å². The molecular formula is C13H12Br3N3O6. The molecule has 25 heavy (non-hydrogen) atoms. The zero-order valence-corrected chi connectivity index (χ0v) is 17.9. The lowest BCUT2D eigenvalue weighted by Gasteiger charge is -2.19. The maximum Gasteiger partial charge on any atom is 0.348 e. The van der Waals surface area contributed by atoms with Crippen LogP contribution < -0.4 is 0 Å². The summed E-state index contributed by atoms with van der Waals surface area (Å²) in [6.45, 7) is 4.72. The highest BCUT2D eigenvalue weighted by atomic mass is 79.9. The van der Waals surface area contributed by atoms with Gasteiger partial charge >= 0.3 is 12.0 Å². The van der Waals surface area contributed by atoms with Crippen molar-refractivity contribution in [2.75, 3.05) is 0 Å². The summed E-state index contributed by atoms with van der Waals surface area (Å²) in [5, 5.41) is 19.3. The van der Waals surface area contributed by atoms with Gasteiger partial charge in [-0.05, 0) is 26.8 Å². The second-order valence-corrected chi connectivity index (χ2v) is 7.70. The minimum Gasteiger partial charge on any atom is -0.478 e. The van der Waals surface area contributed by atoms with E-state index in [4.69, 9.17) is 5.11 Å². The minimum atomic E-state index is -1.17. The molecule has 1 heterocycles. The first-order chi connectivity index (χ1) is 11.3. The third-order valence-electron chi connectivity index (χ3n) is 3.30. The highest BCUT2D eigenvalue weighted by Gasteiger charge is 2.50. The SMILES string of the molecule is CC1(C)C(=O)N(Br)C(=O)N1Br.Cc1c(C(=O)O)cc(Br)cc1[N+](=O)[O-]. The maximum atomic E-state index is 11.2. The van der Waals surface area contributed by atoms with E-state index >= 15 is 0 Å². The van der Waals surface area contributed by atoms with Gasteiger partial charge in [0.2, 0.25) is 0 Å². The number of urea groups is 1. The van der Waals surface area contributed by atoms with E-state index in [-0.39, 0.29) is 22.7 Å². The van der Waals surface area contributed by atoms with Crippen LogP contribution in [0.25, 0.3) is 0 Å². The van der Waals surface area contributed by atoms with Crippen molar-refractivity contribution in [1.82, 2.24) is 7.85 Å². The normalized spacial score (nSPS) is 15.8. The molecule has 0 saturated carbocycles. The molecule has 1 aliphatic heterocycles. The number of imide groups is 1. The fraction of sp³-hybridized carbons (Fsp3) is 0.308. The van der Waals surface area contributed by atoms with Crippen LogP contribution in [0.3, 0.4) is 0 Å². The maximum absolute atomic E-state index is 11.2. The third-order valence-corrected chi connectivity index (χ3v) is 5.57. The zero-order valence-electron chi connectivity index (χ0n) is 13.1. The highest BCUT2D eigenvalue weighted by molar-refractivity contribution is 9.10. The second-order valence-electron chi connectivity index (χ2n) is 5.37. The molecule has 0 bridgehead atoms. The Morgan fingerprint density at radius 3 is 2.08 bits per heavy atom. The van der Waals surface area contributed by atoms with Gasteiger partial charge in [0.1, 0.15) is 5.54 Å². The van der Waals surface area contributed by atoms with Crippen molar-refractivity contribution in [3.63, 3.8) is 0 Å². The number of nitro benzene ring substituents is 1. The van der Waals surface area contributed by atoms with Crippen LogP contribution in [0.4, 0.5) is 10.5 Å². The van der Waals surface area contributed by atoms with Crippen LogP contribution in [0, 0.1) is 17.0 Å². The molecule has 1 aliphatic rings. The first kappa shape index (κ1) is 21.5. The fourth-order valence-corrected chi connectivity index (χ4v) is 3.37. The quantitative estimate of drug-likeness (QED) is 0.259. The van der Waals surface area contributed by atoms with Gasteiger partial charge in [-0.15, -0.1) is 0 Å². The lowest BCUT2D eigenvalue weighted by atomic mass is 10.1. The molecule has 0 aliphatic carbocycles. The Kier molecular flexibility index (Phi) is 6.70. The molecule has 1 N–H and O–H groups in total. The van der Waals surface area contributed by atoms with Gasteiger partial charge in [-0.1, -0.05) is 15.9 Å². The first-order valence-corrected chi connectivity index (χ1v) is 8.71. The van der Waals surface area contributed by atoms with Gasteiger partial charge in [0.15, 0.2) is 0 Å². The van der Waals surface area contributed by atoms with Gasteiger partial charge in [-0.25, -0.2) is 13.5 Å². The molecule has 136 valence electrons. The molecule has 0 aromatic heterocycles. The standard InChI is InChI=1S/C8H6BrNO4.C5H6Br2N2O2/c1-4-6(8(11)12)2-5(9)3-7(4)10(13)14;1-5(2)3(10)8(6)4(11)9(5)7/h2-3H,1H3,(H,11,12);1-2H3. The van der Waals surface area contributed by atoms with Crippen LogP contribution in [0.2, 0.25) is 0 Å². The highest BCUT2D eigenvalue weighted by Crippen LogP contribution is 2.32. The number of carboxylic acid groups (broad SMARTS) is 1. The number of aromatic carboxylic acids is 1. The number of nitrogens with zero attached hydrogens (tertiary/aromatic N) is 3. The minimum absolute atomic E-state index is 0.0638. The molecule has 0 radical (unpaired) electrons. The van der Waals surface area contributed by atoms with Gasteiger partial charge in [-0.2, -0.15) is 3.93 Å². The van der Waals surface area contributed by atoms with Crippen molar-refractivity contribution in [3.05, 3.63) is 37.8 Å². The Hall–Kier alpha value is -1.53. The van der Waals surface area contributed by atoms with E-state index < -0.39 is 22.5 Å². The van der Waals surface area contributed by atoms with Crippen molar-refractivity contribution in [3.8, 4) is 0 Å². The number of carbonyl (C=O) groups excluding carboxylic acids is 2. The summed E-state index contributed by atoms with van der Waals surface area (Å²) in [5.74, 6) is -1.45. The molecule has 0 spiro atoms. The Balaban J connectivity index is 0.000000257. The summed E-state index contributed by atoms with van der Waals surface area (Å²) in [4.78, 5) is 42.9. The summed E-state index contributed by atoms with van der Waals surface area (Å²) in [6.07, 6.45) is 0. The van der Waals surface area contributed by atoms with Crippen LogP contribution in [0.1, 0.15) is 29.8 Å². The van der Waals surface area contributed by atoms with Crippen LogP contribution in [-0.4, -0.2) is 41.3 Å². The van der Waals surface area contributed by atoms with Gasteiger partial charge in [0.25, 0.3) is 11.6 Å². The third kappa shape index (κ3) is 4.36. The van der Waals surface area contributed by atoms with Gasteiger partial charge < -0.3 is 5.11 Å². The number of nitro groups is 1. The lowest BCUT2D eigenvalue weighted by molar-refractivity contribution is -0.385. The monoisotopic (exact) mass is 543 g/mol. The number of hydrogen-bond donors (Lipinski definition) is 1. The summed E-state index contributed by atoms with van der Waals surface area (Å²) in [5.41, 5.74) is -0.908. The lowest BCUT2D eigenvalue weighted by Crippen LogP contribution is -2.37. The summed E-state index contributed by atoms with van der Waals surface area (Å²) in [7, 11) is 0. The molecular weight excluding hydrogens is 534 g/mol. The van der Waals surface area contributed by atoms with E-state index in [1.54, 1.807) is 13.8 Å². The van der Waals surface area contributed by atoms with E-state index in [0.717, 1.165) is 3.93 Å². The van der Waals surface area contributed by atoms with Crippen molar-refractivity contribution in [2.24, 2.45) is 0 Å². The topological polar surface area (TPSA) is 121 Å². The number of benzene rings is 1. The first-order valence-electron chi connectivity index (χ1n) is 6.50. The average molecular weight is 546 g/mol. The summed E-state index contributed by atoms with van der Waals surface area (Å²) in [6, 6.07) is 2.21. The largest absolute Gasteiger partial charge is 0.478 e. The molecule has 1 fully saturated rings. The van der Waals surface area contributed by atoms with Gasteiger partial charge in [-0.3, -0.25) is 14.9 Å². The van der Waals surface area contributed by atoms with Crippen molar-refractivity contribution in [2.45, 2.75) is 26.3 Å². The van der Waals surface area contributed by atoms with Crippen molar-refractivity contribution >= 4 is 71.8 Å². The molecule has 1 aromatic carbocycles. The molecule has 2 rings (SSSR count). The number of carbonyl (C=O) groups is 3. The molecule has 1 saturated heterocycles. The number of hydrogen-bond acceptors (Lipinski definition) is 5. The molecule has 0 atom stereocenters. The van der Waals surface area contributed by atoms with Crippen LogP contribution >= 0.6 is 48.2 Å². The van der Waals surface area contributed by atoms with Gasteiger partial charge in [0.05, 0.1) is 42.8 Å². The molecule has 3 amide bonds. The second kappa shape index (κ2) is 7.79. The van der Waals surface area contributed by atoms with Crippen molar-refractivity contribution in [1.29, 1.82) is 0 Å². The van der Waals surface area contributed by atoms with Crippen LogP contribution in [-0.2, 0) is 4.79 Å². The van der Waals surface area contributed by atoms with Crippen molar-refractivity contribution < 1.29 is 24.4 Å². The Morgan fingerprint density at radius 2 is 1.80 bits per heavy atom. The van der Waals surface area contributed by atoms with Crippen LogP contribution in [0.15, 0.2) is 16.6 Å². The Labute approximate surface area is 167 Å².